The molecular weight excluding hydrogens is 374 g/mol. The molecule has 0 saturated heterocycles. The first kappa shape index (κ1) is 21.9. The number of imidazole rings is 1. The van der Waals surface area contributed by atoms with Gasteiger partial charge in [-0.2, -0.15) is 0 Å². The molecule has 0 fully saturated rings. The lowest BCUT2D eigenvalue weighted by molar-refractivity contribution is -0.120. The third-order valence-corrected chi connectivity index (χ3v) is 5.20. The number of nitrogens with one attached hydrogen (secondary N) is 1. The summed E-state index contributed by atoms with van der Waals surface area (Å²) in [5.41, 5.74) is 3.31. The second-order valence-electron chi connectivity index (χ2n) is 8.21. The van der Waals surface area contributed by atoms with Gasteiger partial charge in [0.15, 0.2) is 0 Å². The molecule has 0 atom stereocenters. The smallest absolute Gasteiger partial charge is 0.224 e. The predicted octanol–water partition coefficient (Wildman–Crippen LogP) is 4.77. The van der Waals surface area contributed by atoms with E-state index in [1.54, 1.807) is 7.11 Å². The highest BCUT2D eigenvalue weighted by Gasteiger charge is 2.11. The van der Waals surface area contributed by atoms with Gasteiger partial charge in [0.1, 0.15) is 11.6 Å². The van der Waals surface area contributed by atoms with Gasteiger partial charge in [0, 0.05) is 19.5 Å². The Bertz CT molecular complexity index is 945. The Kier molecular flexibility index (Phi) is 7.89. The molecule has 3 aromatic rings. The molecule has 5 nitrogen and oxygen atoms in total. The van der Waals surface area contributed by atoms with E-state index in [2.05, 4.69) is 41.9 Å². The fraction of sp³-hybridized carbons (Fsp3) is 0.440. The zero-order chi connectivity index (χ0) is 21.3. The third-order valence-electron chi connectivity index (χ3n) is 5.20. The maximum absolute atomic E-state index is 12.1. The topological polar surface area (TPSA) is 56.1 Å². The van der Waals surface area contributed by atoms with E-state index in [9.17, 15) is 4.79 Å². The van der Waals surface area contributed by atoms with Crippen LogP contribution in [0.3, 0.4) is 0 Å². The Hall–Kier alpha value is -2.82. The number of rotatable bonds is 11. The van der Waals surface area contributed by atoms with E-state index in [1.165, 1.54) is 11.3 Å². The molecule has 0 aliphatic heterocycles. The Morgan fingerprint density at radius 3 is 2.57 bits per heavy atom. The van der Waals surface area contributed by atoms with Crippen molar-refractivity contribution in [3.05, 3.63) is 59.9 Å². The van der Waals surface area contributed by atoms with Crippen LogP contribution in [0.2, 0.25) is 0 Å². The minimum absolute atomic E-state index is 0.0684. The number of hydrogen-bond acceptors (Lipinski definition) is 3. The molecule has 0 aliphatic rings. The average Bonchev–Trinajstić information content (AvgIpc) is 3.08. The molecule has 0 aliphatic carbocycles. The van der Waals surface area contributed by atoms with E-state index >= 15 is 0 Å². The van der Waals surface area contributed by atoms with Crippen molar-refractivity contribution in [2.45, 2.75) is 52.5 Å². The number of unbranched alkanes of at least 4 members (excludes halogenated alkanes) is 2. The zero-order valence-electron chi connectivity index (χ0n) is 18.4. The monoisotopic (exact) mass is 407 g/mol. The molecule has 1 heterocycles. The quantitative estimate of drug-likeness (QED) is 0.466. The highest BCUT2D eigenvalue weighted by Crippen LogP contribution is 2.19. The predicted molar refractivity (Wildman–Crippen MR) is 122 cm³/mol. The standard InChI is InChI=1S/C25H33N3O2/c1-19(2)18-28-23-10-7-6-9-22(23)27-24(28)11-5-4-8-16-26-25(29)17-20-12-14-21(30-3)15-13-20/h6-7,9-10,12-15,19H,4-5,8,11,16-18H2,1-3H3,(H,26,29). The van der Waals surface area contributed by atoms with Crippen LogP contribution >= 0.6 is 0 Å². The Morgan fingerprint density at radius 1 is 1.07 bits per heavy atom. The highest BCUT2D eigenvalue weighted by molar-refractivity contribution is 5.78. The first-order valence-corrected chi connectivity index (χ1v) is 10.9. The molecule has 1 aromatic heterocycles. The molecule has 5 heteroatoms. The number of hydrogen-bond donors (Lipinski definition) is 1. The lowest BCUT2D eigenvalue weighted by Gasteiger charge is -2.12. The lowest BCUT2D eigenvalue weighted by atomic mass is 10.1. The zero-order valence-corrected chi connectivity index (χ0v) is 18.4. The van der Waals surface area contributed by atoms with Crippen molar-refractivity contribution in [2.75, 3.05) is 13.7 Å². The number of amides is 1. The number of para-hydroxylation sites is 2. The molecular formula is C25H33N3O2. The minimum Gasteiger partial charge on any atom is -0.497 e. The van der Waals surface area contributed by atoms with E-state index < -0.39 is 0 Å². The summed E-state index contributed by atoms with van der Waals surface area (Å²) < 4.78 is 7.52. The number of carbonyl (C=O) groups excluding carboxylic acids is 1. The number of ether oxygens (including phenoxy) is 1. The fourth-order valence-electron chi connectivity index (χ4n) is 3.69. The molecule has 3 rings (SSSR count). The van der Waals surface area contributed by atoms with Crippen molar-refractivity contribution in [1.29, 1.82) is 0 Å². The van der Waals surface area contributed by atoms with Crippen LogP contribution in [0.15, 0.2) is 48.5 Å². The van der Waals surface area contributed by atoms with Crippen LogP contribution in [0.5, 0.6) is 5.75 Å². The summed E-state index contributed by atoms with van der Waals surface area (Å²) in [5.74, 6) is 2.63. The summed E-state index contributed by atoms with van der Waals surface area (Å²) in [6.07, 6.45) is 4.52. The normalized spacial score (nSPS) is 11.2. The molecule has 160 valence electrons. The largest absolute Gasteiger partial charge is 0.497 e. The van der Waals surface area contributed by atoms with Gasteiger partial charge < -0.3 is 14.6 Å². The van der Waals surface area contributed by atoms with Gasteiger partial charge in [0.05, 0.1) is 24.6 Å². The fourth-order valence-corrected chi connectivity index (χ4v) is 3.69. The minimum atomic E-state index is 0.0684. The maximum atomic E-state index is 12.1. The van der Waals surface area contributed by atoms with Gasteiger partial charge in [-0.15, -0.1) is 0 Å². The number of aromatic nitrogens is 2. The molecule has 2 aromatic carbocycles. The first-order chi connectivity index (χ1) is 14.6. The molecule has 0 saturated carbocycles. The molecule has 0 bridgehead atoms. The van der Waals surface area contributed by atoms with E-state index in [0.717, 1.165) is 55.6 Å². The summed E-state index contributed by atoms with van der Waals surface area (Å²) in [4.78, 5) is 17.0. The van der Waals surface area contributed by atoms with Crippen LogP contribution in [0.25, 0.3) is 11.0 Å². The summed E-state index contributed by atoms with van der Waals surface area (Å²) in [6, 6.07) is 16.0. The number of carbonyl (C=O) groups is 1. The second kappa shape index (κ2) is 10.8. The summed E-state index contributed by atoms with van der Waals surface area (Å²) in [6.45, 7) is 6.20. The molecule has 0 spiro atoms. The second-order valence-corrected chi connectivity index (χ2v) is 8.21. The van der Waals surface area contributed by atoms with Crippen molar-refractivity contribution in [3.8, 4) is 5.75 Å². The van der Waals surface area contributed by atoms with E-state index in [0.29, 0.717) is 12.3 Å². The number of methoxy groups -OCH3 is 1. The van der Waals surface area contributed by atoms with Gasteiger partial charge in [0.2, 0.25) is 5.91 Å². The van der Waals surface area contributed by atoms with Gasteiger partial charge in [0.25, 0.3) is 0 Å². The van der Waals surface area contributed by atoms with Crippen molar-refractivity contribution >= 4 is 16.9 Å². The molecule has 30 heavy (non-hydrogen) atoms. The third kappa shape index (κ3) is 6.09. The number of aryl methyl sites for hydroxylation is 1. The van der Waals surface area contributed by atoms with Gasteiger partial charge >= 0.3 is 0 Å². The molecule has 0 radical (unpaired) electrons. The van der Waals surface area contributed by atoms with Crippen molar-refractivity contribution in [3.63, 3.8) is 0 Å². The van der Waals surface area contributed by atoms with Gasteiger partial charge in [-0.25, -0.2) is 4.98 Å². The Labute approximate surface area is 179 Å². The lowest BCUT2D eigenvalue weighted by Crippen LogP contribution is -2.26. The van der Waals surface area contributed by atoms with Crippen molar-refractivity contribution in [2.24, 2.45) is 5.92 Å². The van der Waals surface area contributed by atoms with Gasteiger partial charge in [-0.3, -0.25) is 4.79 Å². The van der Waals surface area contributed by atoms with Crippen LogP contribution < -0.4 is 10.1 Å². The SMILES string of the molecule is COc1ccc(CC(=O)NCCCCCc2nc3ccccc3n2CC(C)C)cc1. The summed E-state index contributed by atoms with van der Waals surface area (Å²) in [5, 5.41) is 3.03. The average molecular weight is 408 g/mol. The highest BCUT2D eigenvalue weighted by atomic mass is 16.5. The van der Waals surface area contributed by atoms with E-state index in [-0.39, 0.29) is 5.91 Å². The van der Waals surface area contributed by atoms with Crippen molar-refractivity contribution in [1.82, 2.24) is 14.9 Å². The van der Waals surface area contributed by atoms with E-state index in [4.69, 9.17) is 9.72 Å². The van der Waals surface area contributed by atoms with E-state index in [1.807, 2.05) is 30.3 Å². The van der Waals surface area contributed by atoms with Crippen LogP contribution in [0.1, 0.15) is 44.5 Å². The summed E-state index contributed by atoms with van der Waals surface area (Å²) in [7, 11) is 1.64. The molecule has 1 N–H and O–H groups in total. The molecule has 1 amide bonds. The van der Waals surface area contributed by atoms with Crippen molar-refractivity contribution < 1.29 is 9.53 Å². The van der Waals surface area contributed by atoms with Crippen LogP contribution in [-0.4, -0.2) is 29.1 Å². The number of nitrogens with zero attached hydrogens (tertiary/aromatic N) is 2. The van der Waals surface area contributed by atoms with Crippen LogP contribution in [0.4, 0.5) is 0 Å². The van der Waals surface area contributed by atoms with Crippen LogP contribution in [-0.2, 0) is 24.2 Å². The summed E-state index contributed by atoms with van der Waals surface area (Å²) >= 11 is 0. The van der Waals surface area contributed by atoms with Gasteiger partial charge in [-0.1, -0.05) is 44.5 Å². The number of benzene rings is 2. The van der Waals surface area contributed by atoms with Crippen LogP contribution in [0, 0.1) is 5.92 Å². The molecule has 0 unspecified atom stereocenters. The number of fused-ring (bicyclic) bond motifs is 1. The first-order valence-electron chi connectivity index (χ1n) is 10.9. The maximum Gasteiger partial charge on any atom is 0.224 e. The van der Waals surface area contributed by atoms with Gasteiger partial charge in [-0.05, 0) is 48.6 Å². The Balaban J connectivity index is 1.40. The Morgan fingerprint density at radius 2 is 1.83 bits per heavy atom.